The predicted octanol–water partition coefficient (Wildman–Crippen LogP) is 3.08. The van der Waals surface area contributed by atoms with E-state index in [0.29, 0.717) is 28.9 Å². The maximum absolute atomic E-state index is 9.72. The van der Waals surface area contributed by atoms with Gasteiger partial charge in [-0.1, -0.05) is 35.0 Å². The van der Waals surface area contributed by atoms with Crippen molar-refractivity contribution in [2.45, 2.75) is 6.42 Å². The van der Waals surface area contributed by atoms with Gasteiger partial charge in [-0.25, -0.2) is 0 Å². The largest absolute Gasteiger partial charge is 0.508 e. The van der Waals surface area contributed by atoms with Gasteiger partial charge >= 0.3 is 0 Å². The number of nitrogens with zero attached hydrogens (tertiary/aromatic N) is 3. The average Bonchev–Trinajstić information content (AvgIpc) is 2.90. The number of hydrogen-bond donors (Lipinski definition) is 1. The van der Waals surface area contributed by atoms with E-state index in [0.717, 1.165) is 5.56 Å². The smallest absolute Gasteiger partial charge is 0.231 e. The third-order valence-electron chi connectivity index (χ3n) is 2.77. The lowest BCUT2D eigenvalue weighted by Crippen LogP contribution is -1.90. The minimum atomic E-state index is 0.197. The first-order valence-corrected chi connectivity index (χ1v) is 6.32. The molecular weight excluding hydrogens is 278 g/mol. The molecule has 0 amide bonds. The molecule has 0 unspecified atom stereocenters. The number of rotatable bonds is 3. The van der Waals surface area contributed by atoms with Crippen molar-refractivity contribution in [3.8, 4) is 17.3 Å². The van der Waals surface area contributed by atoms with Gasteiger partial charge in [-0.05, 0) is 18.2 Å². The molecule has 0 fully saturated rings. The number of benzene rings is 1. The Morgan fingerprint density at radius 2 is 2.00 bits per heavy atom. The Labute approximate surface area is 119 Å². The van der Waals surface area contributed by atoms with Crippen LogP contribution in [0.15, 0.2) is 47.1 Å². The molecule has 6 heteroatoms. The van der Waals surface area contributed by atoms with Crippen molar-refractivity contribution in [2.24, 2.45) is 0 Å². The van der Waals surface area contributed by atoms with Gasteiger partial charge in [0, 0.05) is 11.8 Å². The molecule has 0 aliphatic carbocycles. The van der Waals surface area contributed by atoms with Gasteiger partial charge < -0.3 is 9.63 Å². The zero-order valence-electron chi connectivity index (χ0n) is 10.3. The summed E-state index contributed by atoms with van der Waals surface area (Å²) in [5.74, 6) is 0.923. The topological polar surface area (TPSA) is 72.0 Å². The summed E-state index contributed by atoms with van der Waals surface area (Å²) >= 11 is 6.03. The molecule has 0 bridgehead atoms. The van der Waals surface area contributed by atoms with Gasteiger partial charge in [0.2, 0.25) is 11.7 Å². The molecule has 0 saturated carbocycles. The molecule has 1 aromatic carbocycles. The summed E-state index contributed by atoms with van der Waals surface area (Å²) in [5.41, 5.74) is 1.19. The minimum Gasteiger partial charge on any atom is -0.508 e. The second kappa shape index (κ2) is 5.30. The SMILES string of the molecule is Oc1ccccc1Cc1nc(-c2ncccc2Cl)no1. The number of phenolic OH excluding ortho intramolecular Hbond substituents is 1. The summed E-state index contributed by atoms with van der Waals surface area (Å²) in [6, 6.07) is 10.4. The second-order valence-corrected chi connectivity index (χ2v) is 4.56. The Morgan fingerprint density at radius 3 is 2.80 bits per heavy atom. The summed E-state index contributed by atoms with van der Waals surface area (Å²) in [4.78, 5) is 8.36. The number of hydrogen-bond acceptors (Lipinski definition) is 5. The fourth-order valence-corrected chi connectivity index (χ4v) is 2.00. The first-order chi connectivity index (χ1) is 9.74. The molecule has 2 aromatic heterocycles. The number of aromatic hydroxyl groups is 1. The molecule has 2 heterocycles. The standard InChI is InChI=1S/C14H10ClN3O2/c15-10-5-3-7-16-13(10)14-17-12(20-18-14)8-9-4-1-2-6-11(9)19/h1-7,19H,8H2. The Morgan fingerprint density at radius 1 is 1.15 bits per heavy atom. The molecule has 0 saturated heterocycles. The predicted molar refractivity (Wildman–Crippen MR) is 73.5 cm³/mol. The molecular formula is C14H10ClN3O2. The zero-order valence-corrected chi connectivity index (χ0v) is 11.1. The molecule has 20 heavy (non-hydrogen) atoms. The lowest BCUT2D eigenvalue weighted by molar-refractivity contribution is 0.383. The van der Waals surface area contributed by atoms with E-state index in [1.807, 2.05) is 6.07 Å². The monoisotopic (exact) mass is 287 g/mol. The highest BCUT2D eigenvalue weighted by Gasteiger charge is 2.14. The molecule has 5 nitrogen and oxygen atoms in total. The number of phenols is 1. The van der Waals surface area contributed by atoms with E-state index in [1.54, 1.807) is 36.5 Å². The van der Waals surface area contributed by atoms with Gasteiger partial charge in [-0.15, -0.1) is 0 Å². The van der Waals surface area contributed by atoms with Crippen molar-refractivity contribution in [3.05, 3.63) is 59.1 Å². The molecule has 0 spiro atoms. The highest BCUT2D eigenvalue weighted by Crippen LogP contribution is 2.24. The average molecular weight is 288 g/mol. The molecule has 0 aliphatic rings. The molecule has 3 aromatic rings. The van der Waals surface area contributed by atoms with E-state index in [4.69, 9.17) is 16.1 Å². The molecule has 0 atom stereocenters. The van der Waals surface area contributed by atoms with E-state index in [-0.39, 0.29) is 5.75 Å². The fraction of sp³-hybridized carbons (Fsp3) is 0.0714. The van der Waals surface area contributed by atoms with E-state index < -0.39 is 0 Å². The van der Waals surface area contributed by atoms with Crippen LogP contribution in [0.1, 0.15) is 11.5 Å². The van der Waals surface area contributed by atoms with E-state index in [9.17, 15) is 5.11 Å². The molecule has 3 rings (SSSR count). The quantitative estimate of drug-likeness (QED) is 0.801. The van der Waals surface area contributed by atoms with Crippen molar-refractivity contribution in [1.29, 1.82) is 0 Å². The molecule has 0 radical (unpaired) electrons. The summed E-state index contributed by atoms with van der Waals surface area (Å²) in [6.45, 7) is 0. The Balaban J connectivity index is 1.88. The van der Waals surface area contributed by atoms with Crippen LogP contribution in [0, 0.1) is 0 Å². The summed E-state index contributed by atoms with van der Waals surface area (Å²) in [6.07, 6.45) is 1.96. The fourth-order valence-electron chi connectivity index (χ4n) is 1.80. The minimum absolute atomic E-state index is 0.197. The van der Waals surface area contributed by atoms with Crippen molar-refractivity contribution < 1.29 is 9.63 Å². The Hall–Kier alpha value is -2.40. The lowest BCUT2D eigenvalue weighted by atomic mass is 10.1. The third kappa shape index (κ3) is 2.48. The first kappa shape index (κ1) is 12.6. The zero-order chi connectivity index (χ0) is 13.9. The van der Waals surface area contributed by atoms with E-state index in [1.165, 1.54) is 0 Å². The third-order valence-corrected chi connectivity index (χ3v) is 3.08. The summed E-state index contributed by atoms with van der Waals surface area (Å²) in [5, 5.41) is 14.0. The maximum atomic E-state index is 9.72. The van der Waals surface area contributed by atoms with Gasteiger partial charge in [0.05, 0.1) is 11.4 Å². The van der Waals surface area contributed by atoms with Crippen LogP contribution in [-0.4, -0.2) is 20.2 Å². The van der Waals surface area contributed by atoms with Gasteiger partial charge in [0.25, 0.3) is 0 Å². The normalized spacial score (nSPS) is 10.7. The summed E-state index contributed by atoms with van der Waals surface area (Å²) in [7, 11) is 0. The Kier molecular flexibility index (Phi) is 3.35. The Bertz CT molecular complexity index is 743. The van der Waals surface area contributed by atoms with Crippen LogP contribution in [-0.2, 0) is 6.42 Å². The van der Waals surface area contributed by atoms with Crippen molar-refractivity contribution in [2.75, 3.05) is 0 Å². The van der Waals surface area contributed by atoms with Crippen LogP contribution in [0.4, 0.5) is 0 Å². The maximum Gasteiger partial charge on any atom is 0.231 e. The second-order valence-electron chi connectivity index (χ2n) is 4.15. The molecule has 100 valence electrons. The van der Waals surface area contributed by atoms with Gasteiger partial charge in [-0.3, -0.25) is 4.98 Å². The van der Waals surface area contributed by atoms with Gasteiger partial charge in [0.15, 0.2) is 0 Å². The van der Waals surface area contributed by atoms with Crippen LogP contribution in [0.3, 0.4) is 0 Å². The number of pyridine rings is 1. The van der Waals surface area contributed by atoms with Crippen molar-refractivity contribution >= 4 is 11.6 Å². The highest BCUT2D eigenvalue weighted by atomic mass is 35.5. The summed E-state index contributed by atoms with van der Waals surface area (Å²) < 4.78 is 5.16. The van der Waals surface area contributed by atoms with E-state index >= 15 is 0 Å². The van der Waals surface area contributed by atoms with Crippen LogP contribution >= 0.6 is 11.6 Å². The van der Waals surface area contributed by atoms with E-state index in [2.05, 4.69) is 15.1 Å². The van der Waals surface area contributed by atoms with Crippen LogP contribution < -0.4 is 0 Å². The van der Waals surface area contributed by atoms with Gasteiger partial charge in [-0.2, -0.15) is 4.98 Å². The molecule has 0 aliphatic heterocycles. The van der Waals surface area contributed by atoms with Crippen LogP contribution in [0.5, 0.6) is 5.75 Å². The first-order valence-electron chi connectivity index (χ1n) is 5.94. The van der Waals surface area contributed by atoms with Crippen LogP contribution in [0.2, 0.25) is 5.02 Å². The van der Waals surface area contributed by atoms with Gasteiger partial charge in [0.1, 0.15) is 11.4 Å². The number of aromatic nitrogens is 3. The van der Waals surface area contributed by atoms with Crippen molar-refractivity contribution in [1.82, 2.24) is 15.1 Å². The lowest BCUT2D eigenvalue weighted by Gasteiger charge is -1.99. The molecule has 1 N–H and O–H groups in total. The van der Waals surface area contributed by atoms with Crippen LogP contribution in [0.25, 0.3) is 11.5 Å². The number of para-hydroxylation sites is 1. The van der Waals surface area contributed by atoms with Crippen molar-refractivity contribution in [3.63, 3.8) is 0 Å². The highest BCUT2D eigenvalue weighted by molar-refractivity contribution is 6.32. The number of halogens is 1.